The fourth-order valence-corrected chi connectivity index (χ4v) is 4.38. The van der Waals surface area contributed by atoms with Crippen molar-refractivity contribution in [2.24, 2.45) is 5.41 Å². The summed E-state index contributed by atoms with van der Waals surface area (Å²) >= 11 is 3.49. The molecule has 0 atom stereocenters. The Balaban J connectivity index is 2.21. The van der Waals surface area contributed by atoms with Crippen molar-refractivity contribution in [1.29, 1.82) is 0 Å². The first-order valence-corrected chi connectivity index (χ1v) is 9.45. The van der Waals surface area contributed by atoms with Crippen molar-refractivity contribution >= 4 is 29.3 Å². The SMILES string of the molecule is CSCC1(CSC)C=CC=C(Cc2ccccc2)C1=O. The summed E-state index contributed by atoms with van der Waals surface area (Å²) in [5, 5.41) is 0. The maximum atomic E-state index is 12.9. The third-order valence-electron chi connectivity index (χ3n) is 3.50. The van der Waals surface area contributed by atoms with Crippen LogP contribution in [0.4, 0.5) is 0 Å². The van der Waals surface area contributed by atoms with Crippen molar-refractivity contribution in [3.63, 3.8) is 0 Å². The topological polar surface area (TPSA) is 17.1 Å². The number of Topliss-reactive ketones (excluding diaryl/α,β-unsaturated/α-hetero) is 1. The molecular formula is C17H20OS2. The van der Waals surface area contributed by atoms with Crippen LogP contribution in [0.25, 0.3) is 0 Å². The van der Waals surface area contributed by atoms with Gasteiger partial charge in [-0.05, 0) is 18.1 Å². The molecule has 1 aliphatic carbocycles. The van der Waals surface area contributed by atoms with Gasteiger partial charge < -0.3 is 0 Å². The second kappa shape index (κ2) is 7.19. The number of carbonyl (C=O) groups is 1. The molecule has 0 heterocycles. The number of allylic oxidation sites excluding steroid dienone is 4. The van der Waals surface area contributed by atoms with Crippen molar-refractivity contribution in [3.8, 4) is 0 Å². The normalized spacial score (nSPS) is 17.1. The molecule has 0 fully saturated rings. The lowest BCUT2D eigenvalue weighted by molar-refractivity contribution is -0.121. The number of ketones is 1. The molecule has 0 aliphatic heterocycles. The number of thioether (sulfide) groups is 2. The maximum Gasteiger partial charge on any atom is 0.170 e. The quantitative estimate of drug-likeness (QED) is 0.790. The van der Waals surface area contributed by atoms with Gasteiger partial charge >= 0.3 is 0 Å². The number of rotatable bonds is 6. The van der Waals surface area contributed by atoms with Gasteiger partial charge in [0.25, 0.3) is 0 Å². The number of benzene rings is 1. The molecule has 1 aliphatic rings. The van der Waals surface area contributed by atoms with Gasteiger partial charge in [0.2, 0.25) is 0 Å². The second-order valence-electron chi connectivity index (χ2n) is 5.06. The van der Waals surface area contributed by atoms with E-state index in [2.05, 4.69) is 36.8 Å². The molecular weight excluding hydrogens is 284 g/mol. The molecule has 0 saturated carbocycles. The van der Waals surface area contributed by atoms with Crippen LogP contribution in [0.1, 0.15) is 5.56 Å². The van der Waals surface area contributed by atoms with Crippen molar-refractivity contribution in [2.75, 3.05) is 24.0 Å². The summed E-state index contributed by atoms with van der Waals surface area (Å²) in [5.74, 6) is 2.01. The summed E-state index contributed by atoms with van der Waals surface area (Å²) in [6.07, 6.45) is 11.0. The molecule has 0 unspecified atom stereocenters. The van der Waals surface area contributed by atoms with E-state index < -0.39 is 0 Å². The predicted molar refractivity (Wildman–Crippen MR) is 91.6 cm³/mol. The van der Waals surface area contributed by atoms with E-state index in [9.17, 15) is 4.79 Å². The molecule has 1 aromatic carbocycles. The van der Waals surface area contributed by atoms with Crippen LogP contribution < -0.4 is 0 Å². The van der Waals surface area contributed by atoms with Crippen LogP contribution in [0.15, 0.2) is 54.1 Å². The first kappa shape index (κ1) is 15.5. The molecule has 0 spiro atoms. The van der Waals surface area contributed by atoms with Gasteiger partial charge in [-0.2, -0.15) is 23.5 Å². The predicted octanol–water partition coefficient (Wildman–Crippen LogP) is 4.01. The minimum absolute atomic E-state index is 0.299. The first-order chi connectivity index (χ1) is 9.72. The highest BCUT2D eigenvalue weighted by molar-refractivity contribution is 7.99. The largest absolute Gasteiger partial charge is 0.293 e. The molecule has 0 N–H and O–H groups in total. The Hall–Kier alpha value is -0.930. The van der Waals surface area contributed by atoms with Gasteiger partial charge in [-0.1, -0.05) is 48.6 Å². The van der Waals surface area contributed by atoms with E-state index in [4.69, 9.17) is 0 Å². The van der Waals surface area contributed by atoms with Crippen LogP contribution in [0, 0.1) is 5.41 Å². The monoisotopic (exact) mass is 304 g/mol. The summed E-state index contributed by atoms with van der Waals surface area (Å²) < 4.78 is 0. The zero-order chi connectivity index (χ0) is 14.4. The van der Waals surface area contributed by atoms with Gasteiger partial charge in [-0.3, -0.25) is 4.79 Å². The summed E-state index contributed by atoms with van der Waals surface area (Å²) in [4.78, 5) is 12.9. The van der Waals surface area contributed by atoms with Crippen LogP contribution in [0.2, 0.25) is 0 Å². The fraction of sp³-hybridized carbons (Fsp3) is 0.353. The third kappa shape index (κ3) is 3.39. The lowest BCUT2D eigenvalue weighted by Gasteiger charge is -2.31. The number of carbonyl (C=O) groups excluding carboxylic acids is 1. The standard InChI is InChI=1S/C17H20OS2/c1-19-12-17(13-20-2)10-6-9-15(16(17)18)11-14-7-4-3-5-8-14/h3-10H,11-13H2,1-2H3. The molecule has 0 amide bonds. The van der Waals surface area contributed by atoms with Crippen molar-refractivity contribution < 1.29 is 4.79 Å². The number of hydrogen-bond acceptors (Lipinski definition) is 3. The van der Waals surface area contributed by atoms with Crippen LogP contribution in [-0.4, -0.2) is 29.8 Å². The smallest absolute Gasteiger partial charge is 0.170 e. The highest BCUT2D eigenvalue weighted by atomic mass is 32.2. The van der Waals surface area contributed by atoms with Crippen LogP contribution in [0.3, 0.4) is 0 Å². The average Bonchev–Trinajstić information content (AvgIpc) is 2.46. The third-order valence-corrected chi connectivity index (χ3v) is 5.11. The van der Waals surface area contributed by atoms with Crippen molar-refractivity contribution in [3.05, 3.63) is 59.7 Å². The lowest BCUT2D eigenvalue weighted by atomic mass is 9.78. The Morgan fingerprint density at radius 3 is 2.30 bits per heavy atom. The molecule has 0 radical (unpaired) electrons. The van der Waals surface area contributed by atoms with Gasteiger partial charge in [0, 0.05) is 23.5 Å². The van der Waals surface area contributed by atoms with Crippen LogP contribution in [-0.2, 0) is 11.2 Å². The van der Waals surface area contributed by atoms with Gasteiger partial charge in [0.05, 0.1) is 5.41 Å². The number of hydrogen-bond donors (Lipinski definition) is 0. The fourth-order valence-electron chi connectivity index (χ4n) is 2.56. The van der Waals surface area contributed by atoms with Gasteiger partial charge in [-0.15, -0.1) is 0 Å². The minimum Gasteiger partial charge on any atom is -0.293 e. The Kier molecular flexibility index (Phi) is 5.55. The molecule has 1 nitrogen and oxygen atoms in total. The average molecular weight is 304 g/mol. The Morgan fingerprint density at radius 1 is 1.05 bits per heavy atom. The Bertz CT molecular complexity index is 511. The molecule has 106 valence electrons. The highest BCUT2D eigenvalue weighted by Crippen LogP contribution is 2.35. The van der Waals surface area contributed by atoms with E-state index in [-0.39, 0.29) is 5.41 Å². The van der Waals surface area contributed by atoms with Gasteiger partial charge in [-0.25, -0.2) is 0 Å². The molecule has 0 aromatic heterocycles. The molecule has 1 aromatic rings. The zero-order valence-electron chi connectivity index (χ0n) is 12.0. The summed E-state index contributed by atoms with van der Waals surface area (Å²) in [6, 6.07) is 10.2. The Labute approximate surface area is 129 Å². The van der Waals surface area contributed by atoms with Gasteiger partial charge in [0.1, 0.15) is 0 Å². The highest BCUT2D eigenvalue weighted by Gasteiger charge is 2.37. The molecule has 0 bridgehead atoms. The van der Waals surface area contributed by atoms with E-state index in [0.29, 0.717) is 5.78 Å². The zero-order valence-corrected chi connectivity index (χ0v) is 13.6. The van der Waals surface area contributed by atoms with E-state index in [1.54, 1.807) is 23.5 Å². The van der Waals surface area contributed by atoms with E-state index in [1.807, 2.05) is 24.3 Å². The molecule has 2 rings (SSSR count). The first-order valence-electron chi connectivity index (χ1n) is 6.67. The summed E-state index contributed by atoms with van der Waals surface area (Å²) in [7, 11) is 0. The van der Waals surface area contributed by atoms with E-state index in [0.717, 1.165) is 23.5 Å². The van der Waals surface area contributed by atoms with Crippen LogP contribution in [0.5, 0.6) is 0 Å². The van der Waals surface area contributed by atoms with E-state index >= 15 is 0 Å². The van der Waals surface area contributed by atoms with E-state index in [1.165, 1.54) is 5.56 Å². The summed E-state index contributed by atoms with van der Waals surface area (Å²) in [6.45, 7) is 0. The molecule has 20 heavy (non-hydrogen) atoms. The second-order valence-corrected chi connectivity index (χ2v) is 6.80. The lowest BCUT2D eigenvalue weighted by Crippen LogP contribution is -2.37. The Morgan fingerprint density at radius 2 is 1.70 bits per heavy atom. The maximum absolute atomic E-state index is 12.9. The van der Waals surface area contributed by atoms with Crippen LogP contribution >= 0.6 is 23.5 Å². The minimum atomic E-state index is -0.322. The molecule has 3 heteroatoms. The molecule has 0 saturated heterocycles. The van der Waals surface area contributed by atoms with Crippen molar-refractivity contribution in [2.45, 2.75) is 6.42 Å². The van der Waals surface area contributed by atoms with Gasteiger partial charge in [0.15, 0.2) is 5.78 Å². The summed E-state index contributed by atoms with van der Waals surface area (Å²) in [5.41, 5.74) is 1.81. The van der Waals surface area contributed by atoms with Crippen molar-refractivity contribution in [1.82, 2.24) is 0 Å².